The Kier molecular flexibility index (Phi) is 8.42. The van der Waals surface area contributed by atoms with Crippen LogP contribution in [0.15, 0.2) is 59.0 Å². The largest absolute Gasteiger partial charge is 0.361 e. The SMILES string of the molecule is CC1CCN(c2cc(Sc3ncccn3)nc(NC(=S)NCC3(c4ccc(Cl)cc4)CCCC3)n2)CC1. The molecular weight excluding hydrogens is 522 g/mol. The Morgan fingerprint density at radius 3 is 2.51 bits per heavy atom. The van der Waals surface area contributed by atoms with E-state index in [2.05, 4.69) is 44.6 Å². The summed E-state index contributed by atoms with van der Waals surface area (Å²) in [6, 6.07) is 12.1. The van der Waals surface area contributed by atoms with Crippen molar-refractivity contribution in [2.75, 3.05) is 29.9 Å². The first-order chi connectivity index (χ1) is 18.0. The minimum atomic E-state index is 0.0508. The van der Waals surface area contributed by atoms with Gasteiger partial charge >= 0.3 is 0 Å². The standard InChI is InChI=1S/C27H32ClN7S2/c1-19-9-15-35(16-10-19)22-17-23(37-26-29-13-4-14-30-26)33-24(32-22)34-25(36)31-18-27(11-2-3-12-27)20-5-7-21(28)8-6-20/h4-8,13-14,17,19H,2-3,9-12,15-16,18H2,1H3,(H2,31,32,33,34,36). The molecule has 2 fully saturated rings. The smallest absolute Gasteiger partial charge is 0.232 e. The highest BCUT2D eigenvalue weighted by atomic mass is 35.5. The van der Waals surface area contributed by atoms with Crippen LogP contribution in [0.1, 0.15) is 51.0 Å². The summed E-state index contributed by atoms with van der Waals surface area (Å²) in [6.45, 7) is 5.03. The molecule has 10 heteroatoms. The van der Waals surface area contributed by atoms with Crippen LogP contribution in [0, 0.1) is 5.92 Å². The predicted molar refractivity (Wildman–Crippen MR) is 155 cm³/mol. The Labute approximate surface area is 233 Å². The third kappa shape index (κ3) is 6.69. The molecule has 0 amide bonds. The summed E-state index contributed by atoms with van der Waals surface area (Å²) < 4.78 is 0. The third-order valence-electron chi connectivity index (χ3n) is 7.36. The van der Waals surface area contributed by atoms with Crippen LogP contribution in [0.25, 0.3) is 0 Å². The number of aromatic nitrogens is 4. The van der Waals surface area contributed by atoms with E-state index in [9.17, 15) is 0 Å². The van der Waals surface area contributed by atoms with Crippen molar-refractivity contribution in [3.63, 3.8) is 0 Å². The summed E-state index contributed by atoms with van der Waals surface area (Å²) in [7, 11) is 0. The number of hydrogen-bond donors (Lipinski definition) is 2. The third-order valence-corrected chi connectivity index (χ3v) is 8.67. The summed E-state index contributed by atoms with van der Waals surface area (Å²) in [5.74, 6) is 2.13. The van der Waals surface area contributed by atoms with Crippen LogP contribution in [0.3, 0.4) is 0 Å². The Hall–Kier alpha value is -2.49. The highest BCUT2D eigenvalue weighted by molar-refractivity contribution is 7.99. The monoisotopic (exact) mass is 553 g/mol. The molecule has 37 heavy (non-hydrogen) atoms. The van der Waals surface area contributed by atoms with Gasteiger partial charge in [0.05, 0.1) is 0 Å². The number of rotatable bonds is 7. The predicted octanol–water partition coefficient (Wildman–Crippen LogP) is 6.11. The summed E-state index contributed by atoms with van der Waals surface area (Å²) in [5, 5.41) is 9.44. The summed E-state index contributed by atoms with van der Waals surface area (Å²) in [4.78, 5) is 20.6. The lowest BCUT2D eigenvalue weighted by Gasteiger charge is -2.32. The van der Waals surface area contributed by atoms with Crippen LogP contribution >= 0.6 is 35.6 Å². The fraction of sp³-hybridized carbons (Fsp3) is 0.444. The van der Waals surface area contributed by atoms with Crippen LogP contribution in [0.2, 0.25) is 5.02 Å². The minimum absolute atomic E-state index is 0.0508. The van der Waals surface area contributed by atoms with Gasteiger partial charge in [0, 0.05) is 48.5 Å². The van der Waals surface area contributed by atoms with E-state index in [1.807, 2.05) is 24.3 Å². The second-order valence-electron chi connectivity index (χ2n) is 9.99. The van der Waals surface area contributed by atoms with Crippen LogP contribution in [-0.2, 0) is 5.41 Å². The molecule has 7 nitrogen and oxygen atoms in total. The van der Waals surface area contributed by atoms with E-state index in [1.165, 1.54) is 30.2 Å². The molecule has 1 saturated carbocycles. The van der Waals surface area contributed by atoms with Crippen molar-refractivity contribution in [2.45, 2.75) is 61.0 Å². The van der Waals surface area contributed by atoms with Gasteiger partial charge in [-0.25, -0.2) is 15.0 Å². The molecule has 3 aromatic rings. The molecule has 0 unspecified atom stereocenters. The topological polar surface area (TPSA) is 78.9 Å². The first-order valence-corrected chi connectivity index (χ1v) is 14.5. The fourth-order valence-corrected chi connectivity index (χ4v) is 6.17. The average molecular weight is 554 g/mol. The fourth-order valence-electron chi connectivity index (χ4n) is 5.17. The normalized spacial score (nSPS) is 17.5. The first-order valence-electron chi connectivity index (χ1n) is 12.9. The Bertz CT molecular complexity index is 1200. The van der Waals surface area contributed by atoms with Gasteiger partial charge in [-0.1, -0.05) is 43.5 Å². The number of anilines is 2. The maximum Gasteiger partial charge on any atom is 0.232 e. The molecule has 2 aliphatic rings. The maximum absolute atomic E-state index is 6.15. The van der Waals surface area contributed by atoms with E-state index in [0.717, 1.165) is 67.1 Å². The van der Waals surface area contributed by atoms with Gasteiger partial charge in [-0.3, -0.25) is 0 Å². The number of benzene rings is 1. The van der Waals surface area contributed by atoms with Gasteiger partial charge in [0.1, 0.15) is 10.8 Å². The molecule has 0 spiro atoms. The van der Waals surface area contributed by atoms with Crippen molar-refractivity contribution in [1.29, 1.82) is 0 Å². The van der Waals surface area contributed by atoms with Gasteiger partial charge in [-0.2, -0.15) is 4.98 Å². The van der Waals surface area contributed by atoms with Crippen LogP contribution in [0.5, 0.6) is 0 Å². The molecule has 2 aromatic heterocycles. The van der Waals surface area contributed by atoms with Crippen LogP contribution < -0.4 is 15.5 Å². The zero-order valence-electron chi connectivity index (χ0n) is 21.0. The maximum atomic E-state index is 6.15. The van der Waals surface area contributed by atoms with Crippen LogP contribution in [0.4, 0.5) is 11.8 Å². The van der Waals surface area contributed by atoms with Crippen molar-refractivity contribution < 1.29 is 0 Å². The van der Waals surface area contributed by atoms with Crippen molar-refractivity contribution in [1.82, 2.24) is 25.3 Å². The Morgan fingerprint density at radius 2 is 1.81 bits per heavy atom. The first kappa shape index (κ1) is 26.1. The van der Waals surface area contributed by atoms with E-state index in [4.69, 9.17) is 33.8 Å². The van der Waals surface area contributed by atoms with Crippen molar-refractivity contribution >= 4 is 52.5 Å². The van der Waals surface area contributed by atoms with Gasteiger partial charge in [0.15, 0.2) is 10.3 Å². The molecule has 194 valence electrons. The molecule has 5 rings (SSSR count). The second-order valence-corrected chi connectivity index (χ2v) is 11.8. The molecule has 2 N–H and O–H groups in total. The molecule has 0 atom stereocenters. The summed E-state index contributed by atoms with van der Waals surface area (Å²) in [6.07, 6.45) is 10.5. The zero-order chi connectivity index (χ0) is 25.7. The summed E-state index contributed by atoms with van der Waals surface area (Å²) in [5.41, 5.74) is 1.36. The molecule has 1 aliphatic heterocycles. The van der Waals surface area contributed by atoms with E-state index in [1.54, 1.807) is 12.4 Å². The van der Waals surface area contributed by atoms with Gasteiger partial charge in [0.2, 0.25) is 5.95 Å². The van der Waals surface area contributed by atoms with E-state index >= 15 is 0 Å². The molecule has 0 bridgehead atoms. The lowest BCUT2D eigenvalue weighted by molar-refractivity contribution is 0.435. The molecule has 1 aromatic carbocycles. The number of nitrogens with zero attached hydrogens (tertiary/aromatic N) is 5. The van der Waals surface area contributed by atoms with Gasteiger partial charge < -0.3 is 15.5 Å². The highest BCUT2D eigenvalue weighted by Crippen LogP contribution is 2.41. The number of thiocarbonyl (C=S) groups is 1. The molecule has 3 heterocycles. The van der Waals surface area contributed by atoms with E-state index in [-0.39, 0.29) is 5.41 Å². The molecule has 0 radical (unpaired) electrons. The summed E-state index contributed by atoms with van der Waals surface area (Å²) >= 11 is 13.3. The van der Waals surface area contributed by atoms with E-state index in [0.29, 0.717) is 16.2 Å². The Morgan fingerprint density at radius 1 is 1.11 bits per heavy atom. The lowest BCUT2D eigenvalue weighted by atomic mass is 9.79. The van der Waals surface area contributed by atoms with Gasteiger partial charge in [-0.05, 0) is 79.3 Å². The minimum Gasteiger partial charge on any atom is -0.361 e. The number of piperidine rings is 1. The Balaban J connectivity index is 1.31. The molecule has 1 aliphatic carbocycles. The highest BCUT2D eigenvalue weighted by Gasteiger charge is 2.35. The van der Waals surface area contributed by atoms with Crippen molar-refractivity contribution in [3.8, 4) is 0 Å². The number of nitrogens with one attached hydrogen (secondary N) is 2. The lowest BCUT2D eigenvalue weighted by Crippen LogP contribution is -2.41. The average Bonchev–Trinajstić information content (AvgIpc) is 3.39. The number of hydrogen-bond acceptors (Lipinski definition) is 7. The van der Waals surface area contributed by atoms with E-state index < -0.39 is 0 Å². The van der Waals surface area contributed by atoms with Gasteiger partial charge in [-0.15, -0.1) is 0 Å². The molecular formula is C27H32ClN7S2. The quantitative estimate of drug-likeness (QED) is 0.205. The molecule has 1 saturated heterocycles. The zero-order valence-corrected chi connectivity index (χ0v) is 23.4. The van der Waals surface area contributed by atoms with Crippen LogP contribution in [-0.4, -0.2) is 44.7 Å². The second kappa shape index (κ2) is 11.9. The van der Waals surface area contributed by atoms with Gasteiger partial charge in [0.25, 0.3) is 0 Å². The number of halogens is 1. The van der Waals surface area contributed by atoms with Crippen molar-refractivity contribution in [3.05, 3.63) is 59.4 Å². The van der Waals surface area contributed by atoms with Crippen molar-refractivity contribution in [2.24, 2.45) is 5.92 Å².